The van der Waals surface area contributed by atoms with E-state index in [1.54, 1.807) is 16.7 Å². The van der Waals surface area contributed by atoms with Crippen molar-refractivity contribution in [3.05, 3.63) is 106 Å². The van der Waals surface area contributed by atoms with Gasteiger partial charge in [-0.15, -0.1) is 0 Å². The second-order valence-electron chi connectivity index (χ2n) is 8.51. The van der Waals surface area contributed by atoms with Gasteiger partial charge >= 0.3 is 5.97 Å². The average Bonchev–Trinajstić information content (AvgIpc) is 2.88. The zero-order valence-electron chi connectivity index (χ0n) is 19.6. The number of amides is 1. The first kappa shape index (κ1) is 24.6. The van der Waals surface area contributed by atoms with Gasteiger partial charge in [0.25, 0.3) is 0 Å². The minimum atomic E-state index is -1.84. The van der Waals surface area contributed by atoms with Gasteiger partial charge in [-0.3, -0.25) is 19.2 Å². The van der Waals surface area contributed by atoms with Crippen molar-refractivity contribution in [2.45, 2.75) is 26.1 Å². The predicted molar refractivity (Wildman–Crippen MR) is 137 cm³/mol. The van der Waals surface area contributed by atoms with Crippen LogP contribution in [0, 0.1) is 0 Å². The maximum atomic E-state index is 13.4. The fraction of sp³-hybridized carbons (Fsp3) is 0.143. The molecule has 0 spiro atoms. The van der Waals surface area contributed by atoms with Crippen molar-refractivity contribution in [3.63, 3.8) is 0 Å². The van der Waals surface area contributed by atoms with Crippen molar-refractivity contribution in [3.8, 4) is 11.1 Å². The first-order valence-corrected chi connectivity index (χ1v) is 11.3. The van der Waals surface area contributed by atoms with E-state index in [4.69, 9.17) is 5.73 Å². The molecule has 0 saturated heterocycles. The summed E-state index contributed by atoms with van der Waals surface area (Å²) >= 11 is 0. The summed E-state index contributed by atoms with van der Waals surface area (Å²) in [7, 11) is 0. The lowest BCUT2D eigenvalue weighted by molar-refractivity contribution is -0.137. The average molecular weight is 484 g/mol. The Balaban J connectivity index is 1.86. The third kappa shape index (κ3) is 5.24. The number of carboxylic acids is 1. The van der Waals surface area contributed by atoms with Gasteiger partial charge in [0.2, 0.25) is 5.91 Å². The molecule has 182 valence electrons. The summed E-state index contributed by atoms with van der Waals surface area (Å²) < 4.78 is 1.75. The molecule has 4 aromatic rings. The van der Waals surface area contributed by atoms with Crippen molar-refractivity contribution in [2.24, 2.45) is 5.73 Å². The Morgan fingerprint density at radius 2 is 1.64 bits per heavy atom. The van der Waals surface area contributed by atoms with Crippen LogP contribution in [-0.2, 0) is 22.7 Å². The first-order valence-electron chi connectivity index (χ1n) is 11.3. The molecule has 1 heterocycles. The lowest BCUT2D eigenvalue weighted by Crippen LogP contribution is -2.40. The highest BCUT2D eigenvalue weighted by atomic mass is 16.4. The maximum absolute atomic E-state index is 13.4. The number of carboxylic acid groups (broad SMARTS) is 1. The van der Waals surface area contributed by atoms with Crippen molar-refractivity contribution in [1.29, 1.82) is 0 Å². The van der Waals surface area contributed by atoms with Gasteiger partial charge in [0, 0.05) is 31.6 Å². The monoisotopic (exact) mass is 483 g/mol. The summed E-state index contributed by atoms with van der Waals surface area (Å²) in [5, 5.41) is 12.3. The van der Waals surface area contributed by atoms with E-state index in [1.165, 1.54) is 13.1 Å². The number of hydrogen-bond donors (Lipinski definition) is 3. The van der Waals surface area contributed by atoms with Crippen LogP contribution in [0.5, 0.6) is 0 Å². The van der Waals surface area contributed by atoms with E-state index >= 15 is 0 Å². The molecule has 1 amide bonds. The summed E-state index contributed by atoms with van der Waals surface area (Å²) in [6, 6.07) is 20.6. The molecule has 0 saturated carbocycles. The fourth-order valence-corrected chi connectivity index (χ4v) is 4.03. The quantitative estimate of drug-likeness (QED) is 0.261. The number of hydrogen-bond acceptors (Lipinski definition) is 5. The van der Waals surface area contributed by atoms with Gasteiger partial charge in [0.05, 0.1) is 11.1 Å². The lowest BCUT2D eigenvalue weighted by Gasteiger charge is -2.15. The van der Waals surface area contributed by atoms with Crippen LogP contribution >= 0.6 is 0 Å². The van der Waals surface area contributed by atoms with Gasteiger partial charge in [-0.1, -0.05) is 54.6 Å². The molecule has 8 nitrogen and oxygen atoms in total. The molecule has 1 atom stereocenters. The Morgan fingerprint density at radius 1 is 0.944 bits per heavy atom. The van der Waals surface area contributed by atoms with Crippen LogP contribution in [0.1, 0.15) is 28.4 Å². The Morgan fingerprint density at radius 3 is 2.33 bits per heavy atom. The smallest absolute Gasteiger partial charge is 0.328 e. The third-order valence-electron chi connectivity index (χ3n) is 5.89. The fourth-order valence-electron chi connectivity index (χ4n) is 4.03. The van der Waals surface area contributed by atoms with Crippen LogP contribution < -0.4 is 16.5 Å². The molecule has 3 aromatic carbocycles. The molecule has 0 aliphatic carbocycles. The first-order chi connectivity index (χ1) is 17.2. The number of aromatic nitrogens is 1. The largest absolute Gasteiger partial charge is 0.480 e. The summed E-state index contributed by atoms with van der Waals surface area (Å²) in [6.07, 6.45) is 1.39. The van der Waals surface area contributed by atoms with E-state index in [1.807, 2.05) is 60.7 Å². The number of Topliss-reactive ketones (excluding diaryl/α,β-unsaturated/α-hetero) is 1. The molecule has 0 fully saturated rings. The molecule has 0 aliphatic rings. The van der Waals surface area contributed by atoms with Crippen LogP contribution in [-0.4, -0.2) is 33.4 Å². The molecular formula is C28H25N3O5. The zero-order chi connectivity index (χ0) is 25.8. The van der Waals surface area contributed by atoms with E-state index in [-0.39, 0.29) is 16.9 Å². The highest BCUT2D eigenvalue weighted by molar-refractivity contribution is 6.12. The molecule has 0 bridgehead atoms. The minimum Gasteiger partial charge on any atom is -0.480 e. The Hall–Kier alpha value is -4.56. The molecule has 1 unspecified atom stereocenters. The number of rotatable bonds is 8. The molecule has 8 heteroatoms. The second-order valence-corrected chi connectivity index (χ2v) is 8.51. The zero-order valence-corrected chi connectivity index (χ0v) is 19.6. The van der Waals surface area contributed by atoms with E-state index < -0.39 is 23.2 Å². The van der Waals surface area contributed by atoms with Crippen LogP contribution in [0.3, 0.4) is 0 Å². The van der Waals surface area contributed by atoms with E-state index in [0.29, 0.717) is 18.6 Å². The number of carbonyl (C=O) groups excluding carboxylic acids is 2. The summed E-state index contributed by atoms with van der Waals surface area (Å²) in [5.41, 5.74) is 8.71. The summed E-state index contributed by atoms with van der Waals surface area (Å²) in [6.45, 7) is 2.18. The van der Waals surface area contributed by atoms with Crippen molar-refractivity contribution in [2.75, 3.05) is 0 Å². The number of fused-ring (bicyclic) bond motifs is 1. The predicted octanol–water partition coefficient (Wildman–Crippen LogP) is 2.95. The Bertz CT molecular complexity index is 1530. The molecule has 1 aromatic heterocycles. The number of ketones is 1. The van der Waals surface area contributed by atoms with Crippen molar-refractivity contribution >= 4 is 28.6 Å². The summed E-state index contributed by atoms with van der Waals surface area (Å²) in [5.74, 6) is -2.58. The molecule has 4 N–H and O–H groups in total. The number of nitrogens with two attached hydrogens (primary N) is 1. The topological polar surface area (TPSA) is 131 Å². The number of nitrogens with one attached hydrogen (secondary N) is 1. The second kappa shape index (κ2) is 10.4. The third-order valence-corrected chi connectivity index (χ3v) is 5.89. The molecular weight excluding hydrogens is 458 g/mol. The van der Waals surface area contributed by atoms with Gasteiger partial charge in [0.1, 0.15) is 0 Å². The van der Waals surface area contributed by atoms with Gasteiger partial charge in [-0.2, -0.15) is 0 Å². The highest BCUT2D eigenvalue weighted by Crippen LogP contribution is 2.25. The highest BCUT2D eigenvalue weighted by Gasteiger charge is 2.26. The van der Waals surface area contributed by atoms with Gasteiger partial charge in [0.15, 0.2) is 17.3 Å². The SMILES string of the molecule is CC(=O)NCc1cccc(-c2ccc3c(c2)c(=O)c(C(=O)C(N)C(=O)O)cn3Cc2ccccc2)c1. The van der Waals surface area contributed by atoms with Gasteiger partial charge in [-0.05, 0) is 40.5 Å². The molecule has 0 aliphatic heterocycles. The van der Waals surface area contributed by atoms with Gasteiger partial charge < -0.3 is 20.7 Å². The number of pyridine rings is 1. The van der Waals surface area contributed by atoms with Gasteiger partial charge in [-0.25, -0.2) is 0 Å². The van der Waals surface area contributed by atoms with E-state index in [2.05, 4.69) is 5.32 Å². The number of carbonyl (C=O) groups is 3. The lowest BCUT2D eigenvalue weighted by atomic mass is 9.98. The van der Waals surface area contributed by atoms with Crippen LogP contribution in [0.4, 0.5) is 0 Å². The molecule has 36 heavy (non-hydrogen) atoms. The van der Waals surface area contributed by atoms with Crippen LogP contribution in [0.25, 0.3) is 22.0 Å². The normalized spacial score (nSPS) is 11.7. The van der Waals surface area contributed by atoms with Crippen molar-refractivity contribution < 1.29 is 19.5 Å². The molecule has 0 radical (unpaired) electrons. The number of nitrogens with zero attached hydrogens (tertiary/aromatic N) is 1. The number of aliphatic carboxylic acids is 1. The van der Waals surface area contributed by atoms with E-state index in [0.717, 1.165) is 22.3 Å². The number of benzene rings is 3. The molecule has 4 rings (SSSR count). The minimum absolute atomic E-state index is 0.137. The standard InChI is InChI=1S/C28H25N3O5/c1-17(32)30-14-19-8-5-9-20(12-19)21-10-11-24-22(13-21)26(33)23(27(34)25(29)28(35)36)16-31(24)15-18-6-3-2-4-7-18/h2-13,16,25H,14-15,29H2,1H3,(H,30,32)(H,35,36). The van der Waals surface area contributed by atoms with Crippen LogP contribution in [0.15, 0.2) is 83.8 Å². The van der Waals surface area contributed by atoms with Crippen molar-refractivity contribution in [1.82, 2.24) is 9.88 Å². The van der Waals surface area contributed by atoms with Crippen LogP contribution in [0.2, 0.25) is 0 Å². The Kier molecular flexibility index (Phi) is 7.07. The Labute approximate surface area is 207 Å². The maximum Gasteiger partial charge on any atom is 0.328 e. The summed E-state index contributed by atoms with van der Waals surface area (Å²) in [4.78, 5) is 48.9. The van der Waals surface area contributed by atoms with E-state index in [9.17, 15) is 24.3 Å².